The first-order valence-corrected chi connectivity index (χ1v) is 7.58. The monoisotopic (exact) mass is 361 g/mol. The molecule has 0 fully saturated rings. The molecule has 0 spiro atoms. The van der Waals surface area contributed by atoms with Crippen molar-refractivity contribution in [1.82, 2.24) is 9.78 Å². The number of nitrogen functional groups attached to an aromatic ring is 1. The van der Waals surface area contributed by atoms with Crippen LogP contribution >= 0.6 is 27.5 Å². The lowest BCUT2D eigenvalue weighted by Gasteiger charge is -2.06. The molecule has 0 bridgehead atoms. The second-order valence-corrected chi connectivity index (χ2v) is 6.01. The first kappa shape index (κ1) is 14.2. The third-order valence-electron chi connectivity index (χ3n) is 3.35. The molecular formula is C16H13BrClN3. The normalized spacial score (nSPS) is 10.8. The van der Waals surface area contributed by atoms with E-state index in [4.69, 9.17) is 17.3 Å². The highest BCUT2D eigenvalue weighted by atomic mass is 79.9. The number of rotatable bonds is 2. The highest BCUT2D eigenvalue weighted by Gasteiger charge is 2.18. The minimum atomic E-state index is 0.628. The van der Waals surface area contributed by atoms with Crippen LogP contribution in [0.25, 0.3) is 22.4 Å². The molecule has 5 heteroatoms. The summed E-state index contributed by atoms with van der Waals surface area (Å²) in [5.74, 6) is 0.628. The summed E-state index contributed by atoms with van der Waals surface area (Å²) in [6.45, 7) is 0. The first-order valence-electron chi connectivity index (χ1n) is 6.41. The van der Waals surface area contributed by atoms with Crippen molar-refractivity contribution < 1.29 is 0 Å². The van der Waals surface area contributed by atoms with Gasteiger partial charge in [0.05, 0.1) is 5.56 Å². The lowest BCUT2D eigenvalue weighted by atomic mass is 10.0. The van der Waals surface area contributed by atoms with Crippen molar-refractivity contribution >= 4 is 33.3 Å². The number of nitrogens with two attached hydrogens (primary N) is 1. The number of aromatic nitrogens is 2. The Morgan fingerprint density at radius 1 is 1.10 bits per heavy atom. The summed E-state index contributed by atoms with van der Waals surface area (Å²) in [4.78, 5) is 0. The third kappa shape index (κ3) is 2.57. The Labute approximate surface area is 136 Å². The van der Waals surface area contributed by atoms with Crippen molar-refractivity contribution in [2.75, 3.05) is 5.73 Å². The minimum absolute atomic E-state index is 0.628. The Balaban J connectivity index is 2.26. The van der Waals surface area contributed by atoms with Gasteiger partial charge in [0.25, 0.3) is 0 Å². The van der Waals surface area contributed by atoms with E-state index in [0.717, 1.165) is 26.9 Å². The summed E-state index contributed by atoms with van der Waals surface area (Å²) in [6.07, 6.45) is 0. The van der Waals surface area contributed by atoms with Crippen LogP contribution in [-0.4, -0.2) is 9.78 Å². The molecule has 0 amide bonds. The van der Waals surface area contributed by atoms with Gasteiger partial charge in [0, 0.05) is 22.1 Å². The van der Waals surface area contributed by atoms with Crippen LogP contribution in [0.2, 0.25) is 5.02 Å². The number of halogens is 2. The van der Waals surface area contributed by atoms with Crippen molar-refractivity contribution in [3.8, 4) is 22.4 Å². The van der Waals surface area contributed by atoms with Crippen molar-refractivity contribution in [3.63, 3.8) is 0 Å². The van der Waals surface area contributed by atoms with Crippen molar-refractivity contribution in [2.24, 2.45) is 7.05 Å². The fourth-order valence-electron chi connectivity index (χ4n) is 2.28. The first-order chi connectivity index (χ1) is 10.1. The SMILES string of the molecule is Cn1nc(-c2ccccc2Br)c(-c2ccc(Cl)cc2)c1N. The maximum Gasteiger partial charge on any atom is 0.129 e. The third-order valence-corrected chi connectivity index (χ3v) is 4.30. The standard InChI is InChI=1S/C16H13BrClN3/c1-21-16(19)14(10-6-8-11(18)9-7-10)15(20-21)12-4-2-3-5-13(12)17/h2-9H,19H2,1H3. The summed E-state index contributed by atoms with van der Waals surface area (Å²) in [5, 5.41) is 5.27. The maximum atomic E-state index is 6.21. The van der Waals surface area contributed by atoms with E-state index in [-0.39, 0.29) is 0 Å². The minimum Gasteiger partial charge on any atom is -0.383 e. The molecule has 0 saturated heterocycles. The van der Waals surface area contributed by atoms with Crippen LogP contribution in [0, 0.1) is 0 Å². The van der Waals surface area contributed by atoms with E-state index in [0.29, 0.717) is 10.8 Å². The van der Waals surface area contributed by atoms with Crippen LogP contribution < -0.4 is 5.73 Å². The molecule has 0 atom stereocenters. The second kappa shape index (κ2) is 5.54. The molecule has 0 aliphatic heterocycles. The van der Waals surface area contributed by atoms with Crippen molar-refractivity contribution in [1.29, 1.82) is 0 Å². The average Bonchev–Trinajstić information content (AvgIpc) is 2.76. The van der Waals surface area contributed by atoms with E-state index in [9.17, 15) is 0 Å². The summed E-state index contributed by atoms with van der Waals surface area (Å²) in [7, 11) is 1.84. The molecule has 0 unspecified atom stereocenters. The molecule has 0 saturated carbocycles. The zero-order valence-electron chi connectivity index (χ0n) is 11.3. The predicted octanol–water partition coefficient (Wildman–Crippen LogP) is 4.75. The smallest absolute Gasteiger partial charge is 0.129 e. The van der Waals surface area contributed by atoms with Gasteiger partial charge in [-0.3, -0.25) is 4.68 Å². The topological polar surface area (TPSA) is 43.8 Å². The molecule has 106 valence electrons. The number of anilines is 1. The van der Waals surface area contributed by atoms with Crippen LogP contribution in [0.15, 0.2) is 53.0 Å². The van der Waals surface area contributed by atoms with E-state index in [2.05, 4.69) is 21.0 Å². The quantitative estimate of drug-likeness (QED) is 0.715. The molecule has 1 heterocycles. The molecule has 0 radical (unpaired) electrons. The van der Waals surface area contributed by atoms with Crippen LogP contribution in [0.3, 0.4) is 0 Å². The molecule has 3 rings (SSSR count). The Bertz CT molecular complexity index is 794. The van der Waals surface area contributed by atoms with E-state index in [1.165, 1.54) is 0 Å². The van der Waals surface area contributed by atoms with Crippen molar-refractivity contribution in [3.05, 3.63) is 58.0 Å². The number of hydrogen-bond donors (Lipinski definition) is 1. The predicted molar refractivity (Wildman–Crippen MR) is 91.2 cm³/mol. The van der Waals surface area contributed by atoms with Gasteiger partial charge in [0.1, 0.15) is 11.5 Å². The summed E-state index contributed by atoms with van der Waals surface area (Å²) < 4.78 is 2.68. The van der Waals surface area contributed by atoms with Crippen LogP contribution in [0.4, 0.5) is 5.82 Å². The Kier molecular flexibility index (Phi) is 3.74. The van der Waals surface area contributed by atoms with E-state index in [1.807, 2.05) is 55.6 Å². The van der Waals surface area contributed by atoms with E-state index >= 15 is 0 Å². The Morgan fingerprint density at radius 2 is 1.76 bits per heavy atom. The highest BCUT2D eigenvalue weighted by molar-refractivity contribution is 9.10. The molecule has 2 aromatic carbocycles. The van der Waals surface area contributed by atoms with E-state index in [1.54, 1.807) is 4.68 Å². The molecule has 0 aliphatic carbocycles. The van der Waals surface area contributed by atoms with Gasteiger partial charge in [-0.2, -0.15) is 5.10 Å². The van der Waals surface area contributed by atoms with Gasteiger partial charge in [0.15, 0.2) is 0 Å². The fourth-order valence-corrected chi connectivity index (χ4v) is 2.88. The largest absolute Gasteiger partial charge is 0.383 e. The number of hydrogen-bond acceptors (Lipinski definition) is 2. The summed E-state index contributed by atoms with van der Waals surface area (Å²) >= 11 is 9.54. The lowest BCUT2D eigenvalue weighted by molar-refractivity contribution is 0.782. The van der Waals surface area contributed by atoms with E-state index < -0.39 is 0 Å². The Morgan fingerprint density at radius 3 is 2.43 bits per heavy atom. The molecule has 21 heavy (non-hydrogen) atoms. The second-order valence-electron chi connectivity index (χ2n) is 4.72. The summed E-state index contributed by atoms with van der Waals surface area (Å²) in [6, 6.07) is 15.6. The highest BCUT2D eigenvalue weighted by Crippen LogP contribution is 2.38. The molecule has 1 aromatic heterocycles. The van der Waals surface area contributed by atoms with Gasteiger partial charge in [0.2, 0.25) is 0 Å². The summed E-state index contributed by atoms with van der Waals surface area (Å²) in [5.41, 5.74) is 9.99. The zero-order valence-corrected chi connectivity index (χ0v) is 13.7. The van der Waals surface area contributed by atoms with Gasteiger partial charge in [-0.15, -0.1) is 0 Å². The fraction of sp³-hybridized carbons (Fsp3) is 0.0625. The number of nitrogens with zero attached hydrogens (tertiary/aromatic N) is 2. The van der Waals surface area contributed by atoms with Crippen molar-refractivity contribution in [2.45, 2.75) is 0 Å². The van der Waals surface area contributed by atoms with Crippen LogP contribution in [-0.2, 0) is 7.05 Å². The van der Waals surface area contributed by atoms with Crippen LogP contribution in [0.1, 0.15) is 0 Å². The number of benzene rings is 2. The number of aryl methyl sites for hydroxylation is 1. The van der Waals surface area contributed by atoms with Crippen LogP contribution in [0.5, 0.6) is 0 Å². The molecule has 0 aliphatic rings. The zero-order chi connectivity index (χ0) is 15.0. The Hall–Kier alpha value is -1.78. The lowest BCUT2D eigenvalue weighted by Crippen LogP contribution is -1.97. The average molecular weight is 363 g/mol. The molecule has 3 nitrogen and oxygen atoms in total. The molecule has 3 aromatic rings. The van der Waals surface area contributed by atoms with Gasteiger partial charge in [-0.25, -0.2) is 0 Å². The van der Waals surface area contributed by atoms with Gasteiger partial charge in [-0.1, -0.05) is 57.9 Å². The molecular weight excluding hydrogens is 350 g/mol. The van der Waals surface area contributed by atoms with Gasteiger partial charge >= 0.3 is 0 Å². The van der Waals surface area contributed by atoms with Gasteiger partial charge < -0.3 is 5.73 Å². The van der Waals surface area contributed by atoms with Gasteiger partial charge in [-0.05, 0) is 23.8 Å². The molecule has 2 N–H and O–H groups in total. The maximum absolute atomic E-state index is 6.21.